The van der Waals surface area contributed by atoms with Crippen LogP contribution in [0.15, 0.2) is 34.2 Å². The predicted molar refractivity (Wildman–Crippen MR) is 95.6 cm³/mol. The monoisotopic (exact) mass is 359 g/mol. The second-order valence-corrected chi connectivity index (χ2v) is 6.69. The van der Waals surface area contributed by atoms with Crippen molar-refractivity contribution in [3.05, 3.63) is 50.8 Å². The number of rotatable bonds is 3. The lowest BCUT2D eigenvalue weighted by Crippen LogP contribution is -2.33. The number of fused-ring (bicyclic) bond motifs is 1. The molecule has 1 N–H and O–H groups in total. The van der Waals surface area contributed by atoms with Crippen LogP contribution < -0.4 is 10.9 Å². The molecule has 0 aliphatic carbocycles. The van der Waals surface area contributed by atoms with E-state index in [4.69, 9.17) is 18.0 Å². The molecule has 0 saturated carbocycles. The molecule has 1 amide bonds. The van der Waals surface area contributed by atoms with Gasteiger partial charge in [0.1, 0.15) is 5.82 Å². The Kier molecular flexibility index (Phi) is 4.65. The zero-order valence-electron chi connectivity index (χ0n) is 12.9. The molecule has 0 bridgehead atoms. The molecule has 24 heavy (non-hydrogen) atoms. The Bertz CT molecular complexity index is 917. The molecule has 2 heterocycles. The van der Waals surface area contributed by atoms with E-state index in [-0.39, 0.29) is 17.9 Å². The number of anilines is 1. The van der Waals surface area contributed by atoms with Crippen LogP contribution in [-0.2, 0) is 11.8 Å². The van der Waals surface area contributed by atoms with E-state index in [1.165, 1.54) is 11.8 Å². The van der Waals surface area contributed by atoms with E-state index >= 15 is 0 Å². The Labute approximate surface area is 148 Å². The number of hydrogen-bond acceptors (Lipinski definition) is 4. The average molecular weight is 360 g/mol. The van der Waals surface area contributed by atoms with Crippen molar-refractivity contribution in [2.75, 3.05) is 11.1 Å². The number of nitrogens with one attached hydrogen (secondary N) is 1. The fourth-order valence-electron chi connectivity index (χ4n) is 2.79. The van der Waals surface area contributed by atoms with E-state index < -0.39 is 5.92 Å². The number of terminal acetylenes is 1. The van der Waals surface area contributed by atoms with Crippen molar-refractivity contribution < 1.29 is 4.79 Å². The third-order valence-electron chi connectivity index (χ3n) is 3.87. The minimum Gasteiger partial charge on any atom is -0.312 e. The molecule has 0 radical (unpaired) electrons. The summed E-state index contributed by atoms with van der Waals surface area (Å²) >= 11 is 7.55. The molecule has 1 aliphatic heterocycles. The summed E-state index contributed by atoms with van der Waals surface area (Å²) in [5.74, 6) is 2.76. The largest absolute Gasteiger partial charge is 0.312 e. The van der Waals surface area contributed by atoms with Gasteiger partial charge < -0.3 is 9.88 Å². The highest BCUT2D eigenvalue weighted by Crippen LogP contribution is 2.38. The Balaban J connectivity index is 2.19. The van der Waals surface area contributed by atoms with Gasteiger partial charge in [0.2, 0.25) is 5.91 Å². The number of hydrogen-bond donors (Lipinski definition) is 1. The summed E-state index contributed by atoms with van der Waals surface area (Å²) < 4.78 is 1.69. The van der Waals surface area contributed by atoms with Crippen LogP contribution in [0.25, 0.3) is 0 Å². The predicted octanol–water partition coefficient (Wildman–Crippen LogP) is 2.63. The molecule has 2 aromatic rings. The number of carbonyl (C=O) groups excluding carboxylic acids is 1. The summed E-state index contributed by atoms with van der Waals surface area (Å²) in [5, 5.41) is 3.77. The molecule has 5 nitrogen and oxygen atoms in total. The van der Waals surface area contributed by atoms with Gasteiger partial charge in [-0.1, -0.05) is 47.5 Å². The minimum atomic E-state index is -0.416. The van der Waals surface area contributed by atoms with Gasteiger partial charge >= 0.3 is 0 Å². The van der Waals surface area contributed by atoms with Gasteiger partial charge in [0.05, 0.1) is 11.3 Å². The van der Waals surface area contributed by atoms with Crippen molar-refractivity contribution in [2.24, 2.45) is 7.05 Å². The van der Waals surface area contributed by atoms with Crippen LogP contribution in [0.4, 0.5) is 5.82 Å². The van der Waals surface area contributed by atoms with Crippen LogP contribution >= 0.6 is 23.4 Å². The van der Waals surface area contributed by atoms with E-state index in [1.54, 1.807) is 17.7 Å². The van der Waals surface area contributed by atoms with Gasteiger partial charge in [0.25, 0.3) is 5.56 Å². The zero-order valence-corrected chi connectivity index (χ0v) is 14.4. The number of benzene rings is 1. The second-order valence-electron chi connectivity index (χ2n) is 5.34. The summed E-state index contributed by atoms with van der Waals surface area (Å²) in [6, 6.07) is 7.22. The lowest BCUT2D eigenvalue weighted by Gasteiger charge is -2.27. The van der Waals surface area contributed by atoms with Gasteiger partial charge in [0, 0.05) is 24.4 Å². The number of halogens is 1. The fraction of sp³-hybridized carbons (Fsp3) is 0.235. The van der Waals surface area contributed by atoms with Gasteiger partial charge in [0.15, 0.2) is 5.16 Å². The maximum atomic E-state index is 12.6. The summed E-state index contributed by atoms with van der Waals surface area (Å²) in [7, 11) is 1.75. The smallest absolute Gasteiger partial charge is 0.279 e. The van der Waals surface area contributed by atoms with Gasteiger partial charge in [-0.2, -0.15) is 4.98 Å². The minimum absolute atomic E-state index is 0.157. The Morgan fingerprint density at radius 3 is 2.92 bits per heavy atom. The Morgan fingerprint density at radius 2 is 2.21 bits per heavy atom. The maximum absolute atomic E-state index is 12.6. The number of nitrogens with zero attached hydrogens (tertiary/aromatic N) is 2. The van der Waals surface area contributed by atoms with Crippen LogP contribution in [-0.4, -0.2) is 21.2 Å². The summed E-state index contributed by atoms with van der Waals surface area (Å²) in [5.41, 5.74) is 0.834. The van der Waals surface area contributed by atoms with Crippen LogP contribution in [0.1, 0.15) is 23.5 Å². The lowest BCUT2D eigenvalue weighted by atomic mass is 9.87. The van der Waals surface area contributed by atoms with Crippen molar-refractivity contribution in [2.45, 2.75) is 17.5 Å². The molecule has 0 fully saturated rings. The molecule has 1 aliphatic rings. The summed E-state index contributed by atoms with van der Waals surface area (Å²) in [6.45, 7) is 0. The van der Waals surface area contributed by atoms with Crippen molar-refractivity contribution in [1.82, 2.24) is 9.55 Å². The summed E-state index contributed by atoms with van der Waals surface area (Å²) in [4.78, 5) is 28.9. The fourth-order valence-corrected chi connectivity index (χ4v) is 3.71. The van der Waals surface area contributed by atoms with E-state index in [0.717, 1.165) is 5.56 Å². The third-order valence-corrected chi connectivity index (χ3v) is 5.14. The van der Waals surface area contributed by atoms with Crippen molar-refractivity contribution in [1.29, 1.82) is 0 Å². The number of amides is 1. The molecule has 7 heteroatoms. The van der Waals surface area contributed by atoms with E-state index in [1.807, 2.05) is 18.2 Å². The van der Waals surface area contributed by atoms with Crippen LogP contribution in [0, 0.1) is 12.3 Å². The van der Waals surface area contributed by atoms with Gasteiger partial charge in [-0.15, -0.1) is 6.42 Å². The highest BCUT2D eigenvalue weighted by molar-refractivity contribution is 7.99. The lowest BCUT2D eigenvalue weighted by molar-refractivity contribution is -0.116. The first-order chi connectivity index (χ1) is 11.5. The molecule has 0 saturated heterocycles. The molecule has 1 atom stereocenters. The molecular formula is C17H14ClN3O2S. The van der Waals surface area contributed by atoms with Crippen LogP contribution in [0.2, 0.25) is 5.02 Å². The van der Waals surface area contributed by atoms with Crippen LogP contribution in [0.3, 0.4) is 0 Å². The topological polar surface area (TPSA) is 64.0 Å². The number of thioether (sulfide) groups is 1. The van der Waals surface area contributed by atoms with Crippen molar-refractivity contribution in [3.63, 3.8) is 0 Å². The first-order valence-corrected chi connectivity index (χ1v) is 8.60. The molecular weight excluding hydrogens is 346 g/mol. The normalized spacial score (nSPS) is 16.2. The second kappa shape index (κ2) is 6.71. The molecule has 1 unspecified atom stereocenters. The number of aromatic nitrogens is 2. The highest BCUT2D eigenvalue weighted by Gasteiger charge is 2.32. The number of carbonyl (C=O) groups is 1. The highest BCUT2D eigenvalue weighted by atomic mass is 35.5. The van der Waals surface area contributed by atoms with Gasteiger partial charge in [-0.25, -0.2) is 0 Å². The maximum Gasteiger partial charge on any atom is 0.279 e. The molecule has 122 valence electrons. The van der Waals surface area contributed by atoms with Crippen LogP contribution in [0.5, 0.6) is 0 Å². The van der Waals surface area contributed by atoms with Crippen molar-refractivity contribution >= 4 is 35.1 Å². The SMILES string of the molecule is C#CCSc1nc(=O)c2c(n1C)NC(=O)CC2c1ccccc1Cl. The molecule has 3 rings (SSSR count). The average Bonchev–Trinajstić information content (AvgIpc) is 2.56. The Morgan fingerprint density at radius 1 is 1.46 bits per heavy atom. The molecule has 1 aromatic heterocycles. The third kappa shape index (κ3) is 2.93. The van der Waals surface area contributed by atoms with E-state index in [9.17, 15) is 9.59 Å². The van der Waals surface area contributed by atoms with E-state index in [0.29, 0.717) is 27.3 Å². The summed E-state index contributed by atoms with van der Waals surface area (Å²) in [6.07, 6.45) is 5.43. The molecule has 0 spiro atoms. The standard InChI is InChI=1S/C17H14ClN3O2S/c1-3-8-24-17-20-16(23)14-11(10-6-4-5-7-12(10)18)9-13(22)19-15(14)21(17)2/h1,4-7,11H,8-9H2,2H3,(H,19,22). The first kappa shape index (κ1) is 16.6. The zero-order chi connectivity index (χ0) is 17.3. The van der Waals surface area contributed by atoms with Gasteiger partial charge in [-0.05, 0) is 11.6 Å². The quantitative estimate of drug-likeness (QED) is 0.520. The van der Waals surface area contributed by atoms with E-state index in [2.05, 4.69) is 16.2 Å². The first-order valence-electron chi connectivity index (χ1n) is 7.24. The van der Waals surface area contributed by atoms with Gasteiger partial charge in [-0.3, -0.25) is 9.59 Å². The molecule has 1 aromatic carbocycles. The van der Waals surface area contributed by atoms with Crippen molar-refractivity contribution in [3.8, 4) is 12.3 Å². The Hall–Kier alpha value is -2.23.